The highest BCUT2D eigenvalue weighted by molar-refractivity contribution is 7.12. The first-order chi connectivity index (χ1) is 11.9. The summed E-state index contributed by atoms with van der Waals surface area (Å²) in [6.07, 6.45) is -1.10. The third-order valence-electron chi connectivity index (χ3n) is 3.20. The second kappa shape index (κ2) is 8.39. The van der Waals surface area contributed by atoms with Gasteiger partial charge in [0.2, 0.25) is 0 Å². The van der Waals surface area contributed by atoms with Gasteiger partial charge in [-0.25, -0.2) is 9.18 Å². The van der Waals surface area contributed by atoms with Crippen LogP contribution in [0.1, 0.15) is 23.5 Å². The van der Waals surface area contributed by atoms with E-state index >= 15 is 0 Å². The highest BCUT2D eigenvalue weighted by atomic mass is 32.1. The summed E-state index contributed by atoms with van der Waals surface area (Å²) in [4.78, 5) is 36.3. The zero-order valence-corrected chi connectivity index (χ0v) is 14.4. The van der Waals surface area contributed by atoms with Gasteiger partial charge in [0.1, 0.15) is 11.9 Å². The maximum atomic E-state index is 13.1. The molecule has 6 nitrogen and oxygen atoms in total. The molecule has 2 atom stereocenters. The zero-order chi connectivity index (χ0) is 18.4. The van der Waals surface area contributed by atoms with Gasteiger partial charge in [0.15, 0.2) is 6.10 Å². The van der Waals surface area contributed by atoms with E-state index in [2.05, 4.69) is 10.6 Å². The molecule has 132 valence electrons. The molecule has 0 fully saturated rings. The molecule has 0 aliphatic rings. The summed E-state index contributed by atoms with van der Waals surface area (Å²) >= 11 is 1.25. The Labute approximate surface area is 148 Å². The molecular formula is C17H17FN2O4S. The number of amides is 2. The van der Waals surface area contributed by atoms with E-state index in [0.717, 1.165) is 6.07 Å². The number of rotatable bonds is 6. The lowest BCUT2D eigenvalue weighted by Gasteiger charge is -2.17. The first-order valence-corrected chi connectivity index (χ1v) is 8.36. The van der Waals surface area contributed by atoms with Crippen molar-refractivity contribution in [3.8, 4) is 0 Å². The minimum Gasteiger partial charge on any atom is -0.451 e. The van der Waals surface area contributed by atoms with Crippen molar-refractivity contribution in [3.63, 3.8) is 0 Å². The monoisotopic (exact) mass is 364 g/mol. The molecule has 1 aromatic carbocycles. The van der Waals surface area contributed by atoms with Crippen molar-refractivity contribution in [3.05, 3.63) is 52.5 Å². The predicted octanol–water partition coefficient (Wildman–Crippen LogP) is 2.58. The summed E-state index contributed by atoms with van der Waals surface area (Å²) in [5, 5.41) is 6.69. The Morgan fingerprint density at radius 3 is 2.56 bits per heavy atom. The average Bonchev–Trinajstić information content (AvgIpc) is 3.09. The van der Waals surface area contributed by atoms with Crippen molar-refractivity contribution in [2.45, 2.75) is 26.0 Å². The largest absolute Gasteiger partial charge is 0.451 e. The molecule has 8 heteroatoms. The Hall–Kier alpha value is -2.74. The van der Waals surface area contributed by atoms with Crippen molar-refractivity contribution >= 4 is 34.8 Å². The predicted molar refractivity (Wildman–Crippen MR) is 91.8 cm³/mol. The van der Waals surface area contributed by atoms with Crippen LogP contribution in [0.4, 0.5) is 10.1 Å². The van der Waals surface area contributed by atoms with E-state index in [9.17, 15) is 18.8 Å². The topological polar surface area (TPSA) is 84.5 Å². The standard InChI is InChI=1S/C17H17FN2O4S/c1-10(19-16(22)14-7-4-8-25-14)17(23)24-11(2)15(21)20-13-6-3-5-12(18)9-13/h3-11H,1-2H3,(H,19,22)(H,20,21)/t10-,11+/m0/s1. The summed E-state index contributed by atoms with van der Waals surface area (Å²) in [6.45, 7) is 2.85. The minimum atomic E-state index is -1.10. The maximum Gasteiger partial charge on any atom is 0.329 e. The number of carbonyl (C=O) groups is 3. The first-order valence-electron chi connectivity index (χ1n) is 7.48. The molecule has 2 N–H and O–H groups in total. The molecule has 0 unspecified atom stereocenters. The number of benzene rings is 1. The fourth-order valence-electron chi connectivity index (χ4n) is 1.87. The van der Waals surface area contributed by atoms with Crippen molar-refractivity contribution in [2.75, 3.05) is 5.32 Å². The summed E-state index contributed by atoms with van der Waals surface area (Å²) in [7, 11) is 0. The van der Waals surface area contributed by atoms with Crippen LogP contribution in [-0.4, -0.2) is 29.9 Å². The van der Waals surface area contributed by atoms with Gasteiger partial charge in [-0.2, -0.15) is 0 Å². The van der Waals surface area contributed by atoms with Gasteiger partial charge in [0.05, 0.1) is 4.88 Å². The molecule has 2 aromatic rings. The lowest BCUT2D eigenvalue weighted by molar-refractivity contribution is -0.154. The molecule has 0 saturated carbocycles. The summed E-state index contributed by atoms with van der Waals surface area (Å²) in [5.41, 5.74) is 0.256. The number of nitrogens with one attached hydrogen (secondary N) is 2. The number of hydrogen-bond acceptors (Lipinski definition) is 5. The number of carbonyl (C=O) groups excluding carboxylic acids is 3. The van der Waals surface area contributed by atoms with Crippen LogP contribution in [-0.2, 0) is 14.3 Å². The van der Waals surface area contributed by atoms with Crippen LogP contribution < -0.4 is 10.6 Å². The third-order valence-corrected chi connectivity index (χ3v) is 4.07. The van der Waals surface area contributed by atoms with Crippen molar-refractivity contribution < 1.29 is 23.5 Å². The van der Waals surface area contributed by atoms with E-state index in [0.29, 0.717) is 4.88 Å². The first kappa shape index (κ1) is 18.6. The van der Waals surface area contributed by atoms with Crippen LogP contribution in [0.5, 0.6) is 0 Å². The van der Waals surface area contributed by atoms with Gasteiger partial charge < -0.3 is 15.4 Å². The lowest BCUT2D eigenvalue weighted by atomic mass is 10.3. The smallest absolute Gasteiger partial charge is 0.329 e. The Balaban J connectivity index is 1.86. The van der Waals surface area contributed by atoms with Gasteiger partial charge in [-0.1, -0.05) is 12.1 Å². The molecular weight excluding hydrogens is 347 g/mol. The summed E-state index contributed by atoms with van der Waals surface area (Å²) < 4.78 is 18.1. The van der Waals surface area contributed by atoms with Gasteiger partial charge in [-0.15, -0.1) is 11.3 Å². The number of esters is 1. The highest BCUT2D eigenvalue weighted by Crippen LogP contribution is 2.11. The zero-order valence-electron chi connectivity index (χ0n) is 13.6. The number of halogens is 1. The lowest BCUT2D eigenvalue weighted by Crippen LogP contribution is -2.42. The summed E-state index contributed by atoms with van der Waals surface area (Å²) in [5.74, 6) is -2.23. The van der Waals surface area contributed by atoms with Gasteiger partial charge in [-0.05, 0) is 43.5 Å². The van der Waals surface area contributed by atoms with Gasteiger partial charge in [-0.3, -0.25) is 9.59 Å². The molecule has 25 heavy (non-hydrogen) atoms. The molecule has 1 aromatic heterocycles. The van der Waals surface area contributed by atoms with Crippen LogP contribution >= 0.6 is 11.3 Å². The molecule has 2 rings (SSSR count). The van der Waals surface area contributed by atoms with Crippen molar-refractivity contribution in [2.24, 2.45) is 0 Å². The van der Waals surface area contributed by atoms with E-state index in [1.807, 2.05) is 0 Å². The summed E-state index contributed by atoms with van der Waals surface area (Å²) in [6, 6.07) is 7.80. The second-order valence-electron chi connectivity index (χ2n) is 5.25. The third kappa shape index (κ3) is 5.39. The molecule has 0 aliphatic heterocycles. The minimum absolute atomic E-state index is 0.256. The van der Waals surface area contributed by atoms with E-state index in [1.54, 1.807) is 17.5 Å². The Morgan fingerprint density at radius 2 is 1.92 bits per heavy atom. The average molecular weight is 364 g/mol. The van der Waals surface area contributed by atoms with Crippen molar-refractivity contribution in [1.29, 1.82) is 0 Å². The quantitative estimate of drug-likeness (QED) is 0.772. The molecule has 0 bridgehead atoms. The Bertz CT molecular complexity index is 764. The Morgan fingerprint density at radius 1 is 1.16 bits per heavy atom. The number of anilines is 1. The molecule has 2 amide bonds. The van der Waals surface area contributed by atoms with Crippen LogP contribution in [0.15, 0.2) is 41.8 Å². The number of thiophene rings is 1. The molecule has 1 heterocycles. The number of hydrogen-bond donors (Lipinski definition) is 2. The Kier molecular flexibility index (Phi) is 6.24. The number of ether oxygens (including phenoxy) is 1. The van der Waals surface area contributed by atoms with Gasteiger partial charge in [0.25, 0.3) is 11.8 Å². The van der Waals surface area contributed by atoms with E-state index in [4.69, 9.17) is 4.74 Å². The van der Waals surface area contributed by atoms with E-state index < -0.39 is 35.7 Å². The van der Waals surface area contributed by atoms with Gasteiger partial charge >= 0.3 is 5.97 Å². The fraction of sp³-hybridized carbons (Fsp3) is 0.235. The molecule has 0 radical (unpaired) electrons. The fourth-order valence-corrected chi connectivity index (χ4v) is 2.50. The SMILES string of the molecule is C[C@H](NC(=O)c1cccs1)C(=O)O[C@H](C)C(=O)Nc1cccc(F)c1. The second-order valence-corrected chi connectivity index (χ2v) is 6.20. The normalized spacial score (nSPS) is 12.8. The van der Waals surface area contributed by atoms with Crippen LogP contribution in [0.2, 0.25) is 0 Å². The van der Waals surface area contributed by atoms with Gasteiger partial charge in [0, 0.05) is 5.69 Å². The van der Waals surface area contributed by atoms with E-state index in [1.165, 1.54) is 43.4 Å². The van der Waals surface area contributed by atoms with Crippen molar-refractivity contribution in [1.82, 2.24) is 5.32 Å². The molecule has 0 saturated heterocycles. The van der Waals surface area contributed by atoms with Crippen LogP contribution in [0.3, 0.4) is 0 Å². The van der Waals surface area contributed by atoms with E-state index in [-0.39, 0.29) is 5.69 Å². The molecule has 0 spiro atoms. The molecule has 0 aliphatic carbocycles. The highest BCUT2D eigenvalue weighted by Gasteiger charge is 2.23. The van der Waals surface area contributed by atoms with Crippen LogP contribution in [0, 0.1) is 5.82 Å². The van der Waals surface area contributed by atoms with Crippen LogP contribution in [0.25, 0.3) is 0 Å². The maximum absolute atomic E-state index is 13.1.